The molecular formula is C17H25NO. The number of nitrogens with zero attached hydrogens (tertiary/aromatic N) is 1. The molecule has 2 aliphatic rings. The standard InChI is InChI=1S/C17H25NO/c1-2-7-15(8-3-1)17-10-6-9-16(19-17)11-14-18-12-4-5-13-18/h1-3,7-8,16-17H,4-6,9-14H2/t16-,17+/m1/s1. The maximum Gasteiger partial charge on any atom is 0.0828 e. The van der Waals surface area contributed by atoms with E-state index in [1.54, 1.807) is 0 Å². The van der Waals surface area contributed by atoms with Gasteiger partial charge in [-0.05, 0) is 57.2 Å². The maximum atomic E-state index is 6.31. The van der Waals surface area contributed by atoms with Gasteiger partial charge >= 0.3 is 0 Å². The van der Waals surface area contributed by atoms with Crippen molar-refractivity contribution >= 4 is 0 Å². The highest BCUT2D eigenvalue weighted by Gasteiger charge is 2.24. The molecule has 0 amide bonds. The number of likely N-dealkylation sites (tertiary alicyclic amines) is 1. The zero-order chi connectivity index (χ0) is 12.9. The molecule has 2 atom stereocenters. The van der Waals surface area contributed by atoms with Crippen molar-refractivity contribution in [1.82, 2.24) is 4.90 Å². The third-order valence-electron chi connectivity index (χ3n) is 4.49. The lowest BCUT2D eigenvalue weighted by molar-refractivity contribution is -0.0574. The Bertz CT molecular complexity index is 372. The topological polar surface area (TPSA) is 12.5 Å². The number of hydrogen-bond acceptors (Lipinski definition) is 2. The minimum atomic E-state index is 0.332. The summed E-state index contributed by atoms with van der Waals surface area (Å²) in [7, 11) is 0. The van der Waals surface area contributed by atoms with Gasteiger partial charge in [0.05, 0.1) is 12.2 Å². The molecule has 104 valence electrons. The summed E-state index contributed by atoms with van der Waals surface area (Å²) < 4.78 is 6.31. The van der Waals surface area contributed by atoms with Crippen LogP contribution in [0.5, 0.6) is 0 Å². The van der Waals surface area contributed by atoms with E-state index in [-0.39, 0.29) is 0 Å². The van der Waals surface area contributed by atoms with E-state index >= 15 is 0 Å². The second-order valence-electron chi connectivity index (χ2n) is 5.93. The Hall–Kier alpha value is -0.860. The van der Waals surface area contributed by atoms with Crippen molar-refractivity contribution < 1.29 is 4.74 Å². The van der Waals surface area contributed by atoms with Crippen LogP contribution in [0.1, 0.15) is 50.2 Å². The summed E-state index contributed by atoms with van der Waals surface area (Å²) in [6, 6.07) is 10.7. The van der Waals surface area contributed by atoms with E-state index in [0.717, 1.165) is 0 Å². The van der Waals surface area contributed by atoms with Gasteiger partial charge in [-0.15, -0.1) is 0 Å². The van der Waals surface area contributed by atoms with Crippen LogP contribution in [0.15, 0.2) is 30.3 Å². The van der Waals surface area contributed by atoms with Crippen molar-refractivity contribution in [3.8, 4) is 0 Å². The average molecular weight is 259 g/mol. The quantitative estimate of drug-likeness (QED) is 0.816. The Balaban J connectivity index is 1.50. The highest BCUT2D eigenvalue weighted by atomic mass is 16.5. The summed E-state index contributed by atoms with van der Waals surface area (Å²) in [6.45, 7) is 3.83. The fourth-order valence-electron chi connectivity index (χ4n) is 3.36. The minimum Gasteiger partial charge on any atom is -0.370 e. The van der Waals surface area contributed by atoms with E-state index in [0.29, 0.717) is 12.2 Å². The second-order valence-corrected chi connectivity index (χ2v) is 5.93. The molecule has 0 spiro atoms. The lowest BCUT2D eigenvalue weighted by atomic mass is 9.97. The molecule has 0 radical (unpaired) electrons. The van der Waals surface area contributed by atoms with E-state index in [1.807, 2.05) is 0 Å². The zero-order valence-electron chi connectivity index (χ0n) is 11.8. The number of ether oxygens (including phenoxy) is 1. The van der Waals surface area contributed by atoms with Gasteiger partial charge in [-0.2, -0.15) is 0 Å². The summed E-state index contributed by atoms with van der Waals surface area (Å²) in [5, 5.41) is 0. The lowest BCUT2D eigenvalue weighted by Crippen LogP contribution is -2.28. The summed E-state index contributed by atoms with van der Waals surface area (Å²) in [5.41, 5.74) is 1.35. The van der Waals surface area contributed by atoms with E-state index < -0.39 is 0 Å². The van der Waals surface area contributed by atoms with E-state index in [4.69, 9.17) is 4.74 Å². The van der Waals surface area contributed by atoms with Gasteiger partial charge in [0.15, 0.2) is 0 Å². The molecule has 2 heteroatoms. The van der Waals surface area contributed by atoms with E-state index in [9.17, 15) is 0 Å². The smallest absolute Gasteiger partial charge is 0.0828 e. The molecule has 1 aromatic carbocycles. The Morgan fingerprint density at radius 2 is 1.79 bits per heavy atom. The molecule has 2 heterocycles. The van der Waals surface area contributed by atoms with Crippen molar-refractivity contribution in [2.75, 3.05) is 19.6 Å². The van der Waals surface area contributed by atoms with Crippen molar-refractivity contribution in [1.29, 1.82) is 0 Å². The third kappa shape index (κ3) is 3.58. The molecule has 19 heavy (non-hydrogen) atoms. The van der Waals surface area contributed by atoms with E-state index in [1.165, 1.54) is 63.7 Å². The summed E-state index contributed by atoms with van der Waals surface area (Å²) in [5.74, 6) is 0. The predicted molar refractivity (Wildman–Crippen MR) is 78.2 cm³/mol. The first kappa shape index (κ1) is 13.1. The van der Waals surface area contributed by atoms with Crippen LogP contribution in [0.25, 0.3) is 0 Å². The zero-order valence-corrected chi connectivity index (χ0v) is 11.8. The third-order valence-corrected chi connectivity index (χ3v) is 4.49. The van der Waals surface area contributed by atoms with Crippen LogP contribution in [0.3, 0.4) is 0 Å². The van der Waals surface area contributed by atoms with Crippen molar-refractivity contribution in [3.05, 3.63) is 35.9 Å². The van der Waals surface area contributed by atoms with Gasteiger partial charge in [-0.1, -0.05) is 30.3 Å². The first-order valence-corrected chi connectivity index (χ1v) is 7.84. The Morgan fingerprint density at radius 1 is 1.00 bits per heavy atom. The molecule has 0 saturated carbocycles. The molecule has 2 aliphatic heterocycles. The molecule has 0 unspecified atom stereocenters. The summed E-state index contributed by atoms with van der Waals surface area (Å²) >= 11 is 0. The molecule has 0 aliphatic carbocycles. The van der Waals surface area contributed by atoms with Crippen molar-refractivity contribution in [2.24, 2.45) is 0 Å². The average Bonchev–Trinajstić information content (AvgIpc) is 3.00. The van der Waals surface area contributed by atoms with Gasteiger partial charge in [0.2, 0.25) is 0 Å². The highest BCUT2D eigenvalue weighted by Crippen LogP contribution is 2.32. The molecule has 2 fully saturated rings. The fraction of sp³-hybridized carbons (Fsp3) is 0.647. The van der Waals surface area contributed by atoms with Crippen molar-refractivity contribution in [2.45, 2.75) is 50.7 Å². The first-order chi connectivity index (χ1) is 9.42. The van der Waals surface area contributed by atoms with Crippen LogP contribution in [0.2, 0.25) is 0 Å². The molecular weight excluding hydrogens is 234 g/mol. The SMILES string of the molecule is c1ccc([C@@H]2CCC[C@H](CCN3CCCC3)O2)cc1. The largest absolute Gasteiger partial charge is 0.370 e. The molecule has 3 rings (SSSR count). The molecule has 2 nitrogen and oxygen atoms in total. The van der Waals surface area contributed by atoms with Gasteiger partial charge in [-0.3, -0.25) is 0 Å². The molecule has 0 N–H and O–H groups in total. The van der Waals surface area contributed by atoms with Gasteiger partial charge in [0.25, 0.3) is 0 Å². The minimum absolute atomic E-state index is 0.332. The van der Waals surface area contributed by atoms with E-state index in [2.05, 4.69) is 35.2 Å². The normalized spacial score (nSPS) is 28.6. The van der Waals surface area contributed by atoms with Crippen molar-refractivity contribution in [3.63, 3.8) is 0 Å². The summed E-state index contributed by atoms with van der Waals surface area (Å²) in [4.78, 5) is 2.59. The van der Waals surface area contributed by atoms with Gasteiger partial charge in [0.1, 0.15) is 0 Å². The highest BCUT2D eigenvalue weighted by molar-refractivity contribution is 5.17. The molecule has 0 bridgehead atoms. The van der Waals surface area contributed by atoms with Gasteiger partial charge < -0.3 is 9.64 Å². The second kappa shape index (κ2) is 6.53. The molecule has 1 aromatic rings. The molecule has 2 saturated heterocycles. The van der Waals surface area contributed by atoms with Crippen LogP contribution in [-0.2, 0) is 4.74 Å². The Labute approximate surface area is 116 Å². The lowest BCUT2D eigenvalue weighted by Gasteiger charge is -2.31. The monoisotopic (exact) mass is 259 g/mol. The fourth-order valence-corrected chi connectivity index (χ4v) is 3.36. The number of rotatable bonds is 4. The van der Waals surface area contributed by atoms with Gasteiger partial charge in [-0.25, -0.2) is 0 Å². The predicted octanol–water partition coefficient (Wildman–Crippen LogP) is 3.78. The first-order valence-electron chi connectivity index (χ1n) is 7.84. The van der Waals surface area contributed by atoms with Crippen LogP contribution >= 0.6 is 0 Å². The number of hydrogen-bond donors (Lipinski definition) is 0. The Kier molecular flexibility index (Phi) is 4.52. The van der Waals surface area contributed by atoms with Gasteiger partial charge in [0, 0.05) is 6.54 Å². The molecule has 0 aromatic heterocycles. The van der Waals surface area contributed by atoms with Crippen LogP contribution < -0.4 is 0 Å². The Morgan fingerprint density at radius 3 is 2.58 bits per heavy atom. The van der Waals surface area contributed by atoms with Crippen LogP contribution in [0.4, 0.5) is 0 Å². The maximum absolute atomic E-state index is 6.31. The summed E-state index contributed by atoms with van der Waals surface area (Å²) in [6.07, 6.45) is 8.53. The van der Waals surface area contributed by atoms with Crippen LogP contribution in [-0.4, -0.2) is 30.6 Å². The number of benzene rings is 1. The van der Waals surface area contributed by atoms with Crippen LogP contribution in [0, 0.1) is 0 Å².